The van der Waals surface area contributed by atoms with E-state index in [2.05, 4.69) is 4.98 Å². The summed E-state index contributed by atoms with van der Waals surface area (Å²) in [5, 5.41) is -0.596. The summed E-state index contributed by atoms with van der Waals surface area (Å²) in [6.45, 7) is 0. The van der Waals surface area contributed by atoms with Crippen LogP contribution in [0, 0.1) is 5.41 Å². The number of alkyl halides is 12. The van der Waals surface area contributed by atoms with Crippen molar-refractivity contribution in [2.45, 2.75) is 30.7 Å². The van der Waals surface area contributed by atoms with Gasteiger partial charge >= 0.3 is 30.4 Å². The van der Waals surface area contributed by atoms with Crippen molar-refractivity contribution in [1.82, 2.24) is 9.55 Å². The predicted molar refractivity (Wildman–Crippen MR) is 71.7 cm³/mol. The quantitative estimate of drug-likeness (QED) is 0.597. The molecule has 1 aromatic heterocycles. The number of para-hydroxylation sites is 1. The third kappa shape index (κ3) is 3.39. The number of aromatic nitrogens is 2. The van der Waals surface area contributed by atoms with E-state index < -0.39 is 57.3 Å². The fraction of sp³-hybridized carbons (Fsp3) is 0.429. The Hall–Kier alpha value is -2.48. The van der Waals surface area contributed by atoms with Gasteiger partial charge in [-0.25, -0.2) is 9.78 Å². The molecule has 0 aliphatic carbocycles. The summed E-state index contributed by atoms with van der Waals surface area (Å²) in [6.07, 6.45) is -28.9. The van der Waals surface area contributed by atoms with Crippen LogP contribution in [0.25, 0.3) is 10.9 Å². The molecular weight excluding hydrogens is 440 g/mol. The van der Waals surface area contributed by atoms with Gasteiger partial charge in [0, 0.05) is 11.6 Å². The standard InChI is InChI=1S/C14H6F12N2O/c15-11(16,17)8(10(12(18,19)20,13(21,22)23)14(24,25)26)28-7-4-2-1-3-6(7)5-27-9(28)29/h1-5,8H. The molecule has 0 spiro atoms. The van der Waals surface area contributed by atoms with Crippen LogP contribution in [0.5, 0.6) is 0 Å². The van der Waals surface area contributed by atoms with Crippen molar-refractivity contribution in [3.63, 3.8) is 0 Å². The Morgan fingerprint density at radius 3 is 1.62 bits per heavy atom. The molecule has 0 fully saturated rings. The lowest BCUT2D eigenvalue weighted by atomic mass is 9.76. The van der Waals surface area contributed by atoms with Crippen LogP contribution in [0.4, 0.5) is 52.7 Å². The highest BCUT2D eigenvalue weighted by Gasteiger charge is 2.90. The highest BCUT2D eigenvalue weighted by atomic mass is 19.4. The number of hydrogen-bond donors (Lipinski definition) is 0. The van der Waals surface area contributed by atoms with Crippen molar-refractivity contribution in [3.8, 4) is 0 Å². The molecule has 0 aliphatic rings. The van der Waals surface area contributed by atoms with Crippen LogP contribution in [-0.4, -0.2) is 34.3 Å². The minimum absolute atomic E-state index is 0.463. The van der Waals surface area contributed by atoms with Crippen LogP contribution >= 0.6 is 0 Å². The van der Waals surface area contributed by atoms with E-state index in [1.54, 1.807) is 0 Å². The van der Waals surface area contributed by atoms with E-state index in [-0.39, 0.29) is 0 Å². The SMILES string of the molecule is O=c1ncc2ccccc2n1C(C(F)(F)F)C(C(F)(F)F)(C(F)(F)F)C(F)(F)F. The van der Waals surface area contributed by atoms with Crippen LogP contribution in [0.1, 0.15) is 6.04 Å². The van der Waals surface area contributed by atoms with E-state index in [1.165, 1.54) is 0 Å². The maximum Gasteiger partial charge on any atom is 0.414 e. The molecule has 0 saturated heterocycles. The average molecular weight is 446 g/mol. The van der Waals surface area contributed by atoms with Crippen molar-refractivity contribution in [2.24, 2.45) is 5.41 Å². The molecular formula is C14H6F12N2O. The molecule has 3 nitrogen and oxygen atoms in total. The number of fused-ring (bicyclic) bond motifs is 1. The van der Waals surface area contributed by atoms with E-state index in [0.717, 1.165) is 18.2 Å². The zero-order chi connectivity index (χ0) is 22.6. The van der Waals surface area contributed by atoms with Gasteiger partial charge in [-0.15, -0.1) is 0 Å². The minimum atomic E-state index is -7.54. The first-order chi connectivity index (χ1) is 12.9. The predicted octanol–water partition coefficient (Wildman–Crippen LogP) is 5.17. The Balaban J connectivity index is 3.19. The molecule has 0 aliphatic heterocycles. The summed E-state index contributed by atoms with van der Waals surface area (Å²) in [6, 6.07) is -2.26. The van der Waals surface area contributed by atoms with Crippen molar-refractivity contribution < 1.29 is 52.7 Å². The molecule has 1 aromatic carbocycles. The monoisotopic (exact) mass is 446 g/mol. The Bertz CT molecular complexity index is 914. The van der Waals surface area contributed by atoms with Gasteiger partial charge in [0.15, 0.2) is 6.04 Å². The fourth-order valence-electron chi connectivity index (χ4n) is 2.89. The van der Waals surface area contributed by atoms with Gasteiger partial charge < -0.3 is 0 Å². The molecule has 0 saturated carbocycles. The highest BCUT2D eigenvalue weighted by Crippen LogP contribution is 2.67. The van der Waals surface area contributed by atoms with Gasteiger partial charge in [-0.1, -0.05) is 18.2 Å². The average Bonchev–Trinajstić information content (AvgIpc) is 2.48. The maximum absolute atomic E-state index is 13.5. The normalized spacial score (nSPS) is 15.6. The van der Waals surface area contributed by atoms with Gasteiger partial charge in [0.2, 0.25) is 0 Å². The molecule has 0 amide bonds. The molecule has 1 heterocycles. The first kappa shape index (κ1) is 22.8. The second kappa shape index (κ2) is 6.52. The number of benzene rings is 1. The maximum atomic E-state index is 13.5. The van der Waals surface area contributed by atoms with E-state index in [1.807, 2.05) is 0 Å². The molecule has 2 rings (SSSR count). The summed E-state index contributed by atoms with van der Waals surface area (Å²) < 4.78 is 159. The molecule has 1 unspecified atom stereocenters. The number of nitrogens with zero attached hydrogens (tertiary/aromatic N) is 2. The van der Waals surface area contributed by atoms with Gasteiger partial charge in [-0.3, -0.25) is 4.57 Å². The number of halogens is 12. The highest BCUT2D eigenvalue weighted by molar-refractivity contribution is 5.78. The van der Waals surface area contributed by atoms with Crippen molar-refractivity contribution in [1.29, 1.82) is 0 Å². The lowest BCUT2D eigenvalue weighted by molar-refractivity contribution is -0.458. The second-order valence-corrected chi connectivity index (χ2v) is 5.72. The zero-order valence-electron chi connectivity index (χ0n) is 13.3. The first-order valence-corrected chi connectivity index (χ1v) is 7.10. The minimum Gasteiger partial charge on any atom is -0.278 e. The van der Waals surface area contributed by atoms with Gasteiger partial charge in [-0.05, 0) is 6.07 Å². The molecule has 1 atom stereocenters. The Morgan fingerprint density at radius 1 is 0.759 bits per heavy atom. The van der Waals surface area contributed by atoms with Gasteiger partial charge in [-0.2, -0.15) is 52.7 Å². The lowest BCUT2D eigenvalue weighted by Gasteiger charge is -2.44. The van der Waals surface area contributed by atoms with Gasteiger partial charge in [0.1, 0.15) is 0 Å². The molecule has 29 heavy (non-hydrogen) atoms. The second-order valence-electron chi connectivity index (χ2n) is 5.72. The van der Waals surface area contributed by atoms with Gasteiger partial charge in [0.05, 0.1) is 5.52 Å². The smallest absolute Gasteiger partial charge is 0.278 e. The Kier molecular flexibility index (Phi) is 5.13. The van der Waals surface area contributed by atoms with Crippen LogP contribution in [-0.2, 0) is 0 Å². The van der Waals surface area contributed by atoms with Crippen molar-refractivity contribution >= 4 is 10.9 Å². The van der Waals surface area contributed by atoms with E-state index in [9.17, 15) is 57.5 Å². The van der Waals surface area contributed by atoms with Crippen LogP contribution in [0.15, 0.2) is 35.3 Å². The molecule has 2 aromatic rings. The summed E-state index contributed by atoms with van der Waals surface area (Å²) in [5.74, 6) is 0. The molecule has 0 bridgehead atoms. The van der Waals surface area contributed by atoms with Gasteiger partial charge in [0.25, 0.3) is 5.41 Å². The molecule has 0 radical (unpaired) electrons. The summed E-state index contributed by atoms with van der Waals surface area (Å²) in [4.78, 5) is 14.5. The van der Waals surface area contributed by atoms with E-state index in [0.29, 0.717) is 12.3 Å². The van der Waals surface area contributed by atoms with Crippen LogP contribution in [0.2, 0.25) is 0 Å². The van der Waals surface area contributed by atoms with Crippen molar-refractivity contribution in [2.75, 3.05) is 0 Å². The van der Waals surface area contributed by atoms with E-state index >= 15 is 0 Å². The summed E-state index contributed by atoms with van der Waals surface area (Å²) in [7, 11) is 0. The molecule has 0 N–H and O–H groups in total. The Morgan fingerprint density at radius 2 is 1.21 bits per heavy atom. The third-order valence-electron chi connectivity index (χ3n) is 4.04. The van der Waals surface area contributed by atoms with Crippen LogP contribution in [0.3, 0.4) is 0 Å². The largest absolute Gasteiger partial charge is 0.414 e. The van der Waals surface area contributed by atoms with Crippen LogP contribution < -0.4 is 5.69 Å². The molecule has 15 heteroatoms. The first-order valence-electron chi connectivity index (χ1n) is 7.10. The fourth-order valence-corrected chi connectivity index (χ4v) is 2.89. The zero-order valence-corrected chi connectivity index (χ0v) is 13.3. The topological polar surface area (TPSA) is 34.9 Å². The summed E-state index contributed by atoms with van der Waals surface area (Å²) >= 11 is 0. The summed E-state index contributed by atoms with van der Waals surface area (Å²) in [5.41, 5.74) is -11.0. The molecule has 162 valence electrons. The lowest BCUT2D eigenvalue weighted by Crippen LogP contribution is -2.67. The van der Waals surface area contributed by atoms with E-state index in [4.69, 9.17) is 0 Å². The number of hydrogen-bond acceptors (Lipinski definition) is 2. The van der Waals surface area contributed by atoms with Crippen molar-refractivity contribution in [3.05, 3.63) is 40.9 Å². The third-order valence-corrected chi connectivity index (χ3v) is 4.04. The number of rotatable bonds is 2. The Labute approximate surface area is 151 Å².